The Hall–Kier alpha value is -3.28. The Bertz CT molecular complexity index is 879. The van der Waals surface area contributed by atoms with Crippen LogP contribution in [0.1, 0.15) is 27.2 Å². The molecule has 1 heterocycles. The van der Waals surface area contributed by atoms with Crippen molar-refractivity contribution in [2.45, 2.75) is 20.0 Å². The molecule has 0 saturated heterocycles. The summed E-state index contributed by atoms with van der Waals surface area (Å²) in [4.78, 5) is 20.6. The van der Waals surface area contributed by atoms with Crippen molar-refractivity contribution in [1.29, 1.82) is 0 Å². The van der Waals surface area contributed by atoms with Crippen molar-refractivity contribution in [3.8, 4) is 0 Å². The van der Waals surface area contributed by atoms with Gasteiger partial charge >= 0.3 is 0 Å². The number of hydrogen-bond acceptors (Lipinski definition) is 4. The maximum atomic E-state index is 12.9. The van der Waals surface area contributed by atoms with Gasteiger partial charge in [0.25, 0.3) is 5.91 Å². The molecular weight excluding hydrogens is 331 g/mol. The van der Waals surface area contributed by atoms with Crippen LogP contribution in [0.2, 0.25) is 0 Å². The number of nitrogens with one attached hydrogen (secondary N) is 2. The predicted molar refractivity (Wildman–Crippen MR) is 98.1 cm³/mol. The molecule has 0 spiro atoms. The van der Waals surface area contributed by atoms with Gasteiger partial charge in [0.05, 0.1) is 0 Å². The minimum Gasteiger partial charge on any atom is -0.350 e. The molecule has 1 aromatic heterocycles. The normalized spacial score (nSPS) is 10.4. The smallest absolute Gasteiger partial charge is 0.270 e. The summed E-state index contributed by atoms with van der Waals surface area (Å²) in [5, 5.41) is 5.87. The second-order valence-corrected chi connectivity index (χ2v) is 5.91. The first-order valence-electron chi connectivity index (χ1n) is 8.25. The number of carbonyl (C=O) groups is 1. The topological polar surface area (TPSA) is 66.9 Å². The van der Waals surface area contributed by atoms with Crippen LogP contribution in [0.4, 0.5) is 10.3 Å². The molecule has 0 aliphatic rings. The van der Waals surface area contributed by atoms with Crippen molar-refractivity contribution in [3.63, 3.8) is 0 Å². The van der Waals surface area contributed by atoms with Crippen LogP contribution >= 0.6 is 0 Å². The molecule has 3 aromatic rings. The van der Waals surface area contributed by atoms with Gasteiger partial charge in [-0.1, -0.05) is 42.0 Å². The number of nitrogens with zero attached hydrogens (tertiary/aromatic N) is 2. The molecule has 3 rings (SSSR count). The van der Waals surface area contributed by atoms with Crippen molar-refractivity contribution >= 4 is 11.9 Å². The Kier molecular flexibility index (Phi) is 5.53. The van der Waals surface area contributed by atoms with Crippen molar-refractivity contribution in [2.24, 2.45) is 0 Å². The molecule has 26 heavy (non-hydrogen) atoms. The van der Waals surface area contributed by atoms with Crippen molar-refractivity contribution in [2.75, 3.05) is 5.32 Å². The standard InChI is InChI=1S/C20H19FN4O/c1-14-2-4-15(5-3-14)13-24-20-22-11-10-18(25-20)19(26)23-12-16-6-8-17(21)9-7-16/h2-11H,12-13H2,1H3,(H,23,26)(H,22,24,25). The molecular formula is C20H19FN4O. The van der Waals surface area contributed by atoms with Gasteiger partial charge in [-0.15, -0.1) is 0 Å². The molecule has 0 aliphatic heterocycles. The number of anilines is 1. The fourth-order valence-corrected chi connectivity index (χ4v) is 2.33. The Labute approximate surface area is 151 Å². The minimum atomic E-state index is -0.310. The SMILES string of the molecule is Cc1ccc(CNc2nccc(C(=O)NCc3ccc(F)cc3)n2)cc1. The maximum Gasteiger partial charge on any atom is 0.270 e. The quantitative estimate of drug-likeness (QED) is 0.714. The number of hydrogen-bond donors (Lipinski definition) is 2. The third kappa shape index (κ3) is 4.86. The fraction of sp³-hybridized carbons (Fsp3) is 0.150. The molecule has 0 fully saturated rings. The lowest BCUT2D eigenvalue weighted by molar-refractivity contribution is 0.0946. The number of benzene rings is 2. The van der Waals surface area contributed by atoms with Gasteiger partial charge in [-0.2, -0.15) is 0 Å². The first-order chi connectivity index (χ1) is 12.6. The van der Waals surface area contributed by atoms with Crippen LogP contribution in [0.3, 0.4) is 0 Å². The second kappa shape index (κ2) is 8.20. The maximum absolute atomic E-state index is 12.9. The molecule has 0 aliphatic carbocycles. The number of carbonyl (C=O) groups excluding carboxylic acids is 1. The largest absolute Gasteiger partial charge is 0.350 e. The summed E-state index contributed by atoms with van der Waals surface area (Å²) in [5.74, 6) is -0.227. The molecule has 132 valence electrons. The third-order valence-electron chi connectivity index (χ3n) is 3.83. The number of amides is 1. The van der Waals surface area contributed by atoms with E-state index in [1.807, 2.05) is 31.2 Å². The zero-order chi connectivity index (χ0) is 18.4. The zero-order valence-corrected chi connectivity index (χ0v) is 14.4. The van der Waals surface area contributed by atoms with E-state index in [0.717, 1.165) is 11.1 Å². The molecule has 5 nitrogen and oxygen atoms in total. The summed E-state index contributed by atoms with van der Waals surface area (Å²) >= 11 is 0. The summed E-state index contributed by atoms with van der Waals surface area (Å²) < 4.78 is 12.9. The Morgan fingerprint density at radius 2 is 1.62 bits per heavy atom. The summed E-state index contributed by atoms with van der Waals surface area (Å²) in [6.45, 7) is 2.91. The van der Waals surface area contributed by atoms with Crippen LogP contribution in [-0.2, 0) is 13.1 Å². The van der Waals surface area contributed by atoms with Crippen LogP contribution in [0.5, 0.6) is 0 Å². The summed E-state index contributed by atoms with van der Waals surface area (Å²) in [6.07, 6.45) is 1.54. The van der Waals surface area contributed by atoms with E-state index in [9.17, 15) is 9.18 Å². The molecule has 0 unspecified atom stereocenters. The van der Waals surface area contributed by atoms with Crippen LogP contribution in [0.25, 0.3) is 0 Å². The van der Waals surface area contributed by atoms with E-state index in [2.05, 4.69) is 20.6 Å². The van der Waals surface area contributed by atoms with Gasteiger partial charge in [-0.3, -0.25) is 4.79 Å². The van der Waals surface area contributed by atoms with E-state index in [-0.39, 0.29) is 17.4 Å². The highest BCUT2D eigenvalue weighted by Crippen LogP contribution is 2.07. The minimum absolute atomic E-state index is 0.272. The second-order valence-electron chi connectivity index (χ2n) is 5.91. The molecule has 6 heteroatoms. The van der Waals surface area contributed by atoms with Gasteiger partial charge in [0.1, 0.15) is 11.5 Å². The van der Waals surface area contributed by atoms with Gasteiger partial charge < -0.3 is 10.6 Å². The molecule has 1 amide bonds. The summed E-state index contributed by atoms with van der Waals surface area (Å²) in [5.41, 5.74) is 3.38. The first-order valence-corrected chi connectivity index (χ1v) is 8.25. The average Bonchev–Trinajstić information content (AvgIpc) is 2.67. The lowest BCUT2D eigenvalue weighted by atomic mass is 10.1. The first kappa shape index (κ1) is 17.5. The van der Waals surface area contributed by atoms with Crippen LogP contribution < -0.4 is 10.6 Å². The lowest BCUT2D eigenvalue weighted by Crippen LogP contribution is -2.24. The van der Waals surface area contributed by atoms with Gasteiger partial charge in [0, 0.05) is 19.3 Å². The van der Waals surface area contributed by atoms with Crippen LogP contribution in [0.15, 0.2) is 60.8 Å². The Balaban J connectivity index is 1.58. The molecule has 0 bridgehead atoms. The summed E-state index contributed by atoms with van der Waals surface area (Å²) in [7, 11) is 0. The molecule has 0 atom stereocenters. The molecule has 2 N–H and O–H groups in total. The highest BCUT2D eigenvalue weighted by molar-refractivity contribution is 5.92. The van der Waals surface area contributed by atoms with Gasteiger partial charge in [-0.25, -0.2) is 14.4 Å². The summed E-state index contributed by atoms with van der Waals surface area (Å²) in [6, 6.07) is 15.7. The molecule has 0 saturated carbocycles. The molecule has 2 aromatic carbocycles. The van der Waals surface area contributed by atoms with Crippen LogP contribution in [0, 0.1) is 12.7 Å². The average molecular weight is 350 g/mol. The van der Waals surface area contributed by atoms with Crippen molar-refractivity contribution in [1.82, 2.24) is 15.3 Å². The third-order valence-corrected chi connectivity index (χ3v) is 3.83. The van der Waals surface area contributed by atoms with E-state index in [1.165, 1.54) is 23.9 Å². The van der Waals surface area contributed by atoms with E-state index in [4.69, 9.17) is 0 Å². The highest BCUT2D eigenvalue weighted by atomic mass is 19.1. The highest BCUT2D eigenvalue weighted by Gasteiger charge is 2.08. The van der Waals surface area contributed by atoms with Gasteiger partial charge in [-0.05, 0) is 36.2 Å². The number of rotatable bonds is 6. The number of aryl methyl sites for hydroxylation is 1. The number of halogens is 1. The fourth-order valence-electron chi connectivity index (χ4n) is 2.33. The zero-order valence-electron chi connectivity index (χ0n) is 14.4. The Morgan fingerprint density at radius 3 is 2.35 bits per heavy atom. The van der Waals surface area contributed by atoms with Gasteiger partial charge in [0.15, 0.2) is 0 Å². The monoisotopic (exact) mass is 350 g/mol. The predicted octanol–water partition coefficient (Wildman–Crippen LogP) is 3.47. The van der Waals surface area contributed by atoms with Crippen molar-refractivity contribution in [3.05, 3.63) is 89.0 Å². The lowest BCUT2D eigenvalue weighted by Gasteiger charge is -2.08. The van der Waals surface area contributed by atoms with E-state index in [0.29, 0.717) is 19.0 Å². The van der Waals surface area contributed by atoms with E-state index in [1.54, 1.807) is 18.2 Å². The number of aromatic nitrogens is 2. The van der Waals surface area contributed by atoms with E-state index < -0.39 is 0 Å². The Morgan fingerprint density at radius 1 is 0.962 bits per heavy atom. The van der Waals surface area contributed by atoms with Crippen molar-refractivity contribution < 1.29 is 9.18 Å². The van der Waals surface area contributed by atoms with E-state index >= 15 is 0 Å². The van der Waals surface area contributed by atoms with Gasteiger partial charge in [0.2, 0.25) is 5.95 Å². The molecule has 0 radical (unpaired) electrons. The van der Waals surface area contributed by atoms with Crippen LogP contribution in [-0.4, -0.2) is 15.9 Å².